The van der Waals surface area contributed by atoms with Gasteiger partial charge < -0.3 is 9.84 Å². The molecule has 0 bridgehead atoms. The first-order valence-electron chi connectivity index (χ1n) is 6.06. The molecule has 1 saturated heterocycles. The highest BCUT2D eigenvalue weighted by molar-refractivity contribution is 9.10. The van der Waals surface area contributed by atoms with Crippen LogP contribution in [-0.4, -0.2) is 41.8 Å². The van der Waals surface area contributed by atoms with E-state index < -0.39 is 0 Å². The molecule has 1 aromatic rings. The van der Waals surface area contributed by atoms with Crippen LogP contribution in [0.5, 0.6) is 5.75 Å². The number of hydrogen-bond acceptors (Lipinski definition) is 3. The average Bonchev–Trinajstić information content (AvgIpc) is 2.84. The summed E-state index contributed by atoms with van der Waals surface area (Å²) >= 11 is 3.48. The van der Waals surface area contributed by atoms with Crippen LogP contribution in [0.25, 0.3) is 0 Å². The first-order chi connectivity index (χ1) is 8.20. The molecule has 2 aliphatic rings. The smallest absolute Gasteiger partial charge is 0.123 e. The first kappa shape index (κ1) is 11.5. The number of rotatable bonds is 2. The van der Waals surface area contributed by atoms with E-state index in [1.807, 2.05) is 12.1 Å². The molecule has 0 aromatic heterocycles. The molecule has 3 nitrogen and oxygen atoms in total. The summed E-state index contributed by atoms with van der Waals surface area (Å²) in [7, 11) is 0. The molecule has 3 rings (SSSR count). The lowest BCUT2D eigenvalue weighted by Crippen LogP contribution is -2.33. The molecule has 4 heteroatoms. The highest BCUT2D eigenvalue weighted by Gasteiger charge is 2.28. The minimum Gasteiger partial charge on any atom is -0.488 e. The second-order valence-corrected chi connectivity index (χ2v) is 5.81. The zero-order valence-electron chi connectivity index (χ0n) is 9.60. The molecular weight excluding hydrogens is 282 g/mol. The van der Waals surface area contributed by atoms with Crippen LogP contribution in [0.3, 0.4) is 0 Å². The maximum absolute atomic E-state index is 9.49. The minimum absolute atomic E-state index is 0.145. The van der Waals surface area contributed by atoms with Gasteiger partial charge >= 0.3 is 0 Å². The molecule has 0 radical (unpaired) electrons. The van der Waals surface area contributed by atoms with E-state index in [4.69, 9.17) is 4.74 Å². The number of likely N-dealkylation sites (tertiary alicyclic amines) is 1. The molecule has 0 aliphatic carbocycles. The molecule has 1 aromatic carbocycles. The molecule has 2 atom stereocenters. The fourth-order valence-corrected chi connectivity index (χ4v) is 3.07. The van der Waals surface area contributed by atoms with Crippen molar-refractivity contribution in [3.63, 3.8) is 0 Å². The summed E-state index contributed by atoms with van der Waals surface area (Å²) < 4.78 is 7.02. The molecule has 1 N–H and O–H groups in total. The van der Waals surface area contributed by atoms with E-state index in [0.29, 0.717) is 0 Å². The summed E-state index contributed by atoms with van der Waals surface area (Å²) in [5, 5.41) is 9.49. The van der Waals surface area contributed by atoms with Gasteiger partial charge in [-0.3, -0.25) is 4.90 Å². The van der Waals surface area contributed by atoms with Crippen molar-refractivity contribution in [1.82, 2.24) is 4.90 Å². The summed E-state index contributed by atoms with van der Waals surface area (Å²) in [6.07, 6.45) is 1.96. The second-order valence-electron chi connectivity index (χ2n) is 4.90. The lowest BCUT2D eigenvalue weighted by Gasteiger charge is -2.19. The fourth-order valence-electron chi connectivity index (χ4n) is 2.66. The highest BCUT2D eigenvalue weighted by atomic mass is 79.9. The van der Waals surface area contributed by atoms with Gasteiger partial charge in [0.15, 0.2) is 0 Å². The van der Waals surface area contributed by atoms with Crippen LogP contribution in [0.15, 0.2) is 22.7 Å². The molecule has 17 heavy (non-hydrogen) atoms. The van der Waals surface area contributed by atoms with Gasteiger partial charge in [0.2, 0.25) is 0 Å². The SMILES string of the molecule is OC1CCN(CC2Cc3cc(Br)ccc3O2)C1. The molecule has 2 unspecified atom stereocenters. The van der Waals surface area contributed by atoms with Gasteiger partial charge in [0.1, 0.15) is 11.9 Å². The lowest BCUT2D eigenvalue weighted by molar-refractivity contribution is 0.142. The van der Waals surface area contributed by atoms with E-state index in [0.717, 1.165) is 42.7 Å². The Balaban J connectivity index is 1.62. The Morgan fingerprint density at radius 2 is 2.35 bits per heavy atom. The van der Waals surface area contributed by atoms with E-state index in [1.165, 1.54) is 5.56 Å². The molecule has 2 heterocycles. The normalized spacial score (nSPS) is 28.1. The Bertz CT molecular complexity index is 424. The van der Waals surface area contributed by atoms with Crippen molar-refractivity contribution >= 4 is 15.9 Å². The van der Waals surface area contributed by atoms with Gasteiger partial charge in [0.05, 0.1) is 6.10 Å². The van der Waals surface area contributed by atoms with E-state index in [-0.39, 0.29) is 12.2 Å². The molecule has 92 valence electrons. The van der Waals surface area contributed by atoms with Gasteiger partial charge in [-0.15, -0.1) is 0 Å². The van der Waals surface area contributed by atoms with Gasteiger partial charge in [0.25, 0.3) is 0 Å². The van der Waals surface area contributed by atoms with Gasteiger partial charge in [0, 0.05) is 30.5 Å². The Morgan fingerprint density at radius 1 is 1.47 bits per heavy atom. The maximum Gasteiger partial charge on any atom is 0.123 e. The Morgan fingerprint density at radius 3 is 3.12 bits per heavy atom. The molecule has 1 fully saturated rings. The van der Waals surface area contributed by atoms with Crippen molar-refractivity contribution in [3.8, 4) is 5.75 Å². The van der Waals surface area contributed by atoms with Gasteiger partial charge in [-0.2, -0.15) is 0 Å². The van der Waals surface area contributed by atoms with Gasteiger partial charge in [-0.05, 0) is 30.2 Å². The number of ether oxygens (including phenoxy) is 1. The van der Waals surface area contributed by atoms with Crippen molar-refractivity contribution in [2.24, 2.45) is 0 Å². The average molecular weight is 298 g/mol. The molecule has 2 aliphatic heterocycles. The number of aliphatic hydroxyl groups is 1. The summed E-state index contributed by atoms with van der Waals surface area (Å²) in [6.45, 7) is 2.70. The van der Waals surface area contributed by atoms with Crippen molar-refractivity contribution in [2.75, 3.05) is 19.6 Å². The number of benzene rings is 1. The van der Waals surface area contributed by atoms with E-state index in [1.54, 1.807) is 0 Å². The number of halogens is 1. The quantitative estimate of drug-likeness (QED) is 0.904. The topological polar surface area (TPSA) is 32.7 Å². The van der Waals surface area contributed by atoms with E-state index in [2.05, 4.69) is 26.9 Å². The number of β-amino-alcohol motifs (C(OH)–C–C–N with tert-alkyl or cyclic N) is 1. The number of fused-ring (bicyclic) bond motifs is 1. The molecular formula is C13H16BrNO2. The largest absolute Gasteiger partial charge is 0.488 e. The summed E-state index contributed by atoms with van der Waals surface area (Å²) in [5.74, 6) is 1.01. The zero-order valence-corrected chi connectivity index (χ0v) is 11.2. The summed E-state index contributed by atoms with van der Waals surface area (Å²) in [4.78, 5) is 2.29. The molecule has 0 saturated carbocycles. The minimum atomic E-state index is -0.145. The highest BCUT2D eigenvalue weighted by Crippen LogP contribution is 2.31. The van der Waals surface area contributed by atoms with E-state index in [9.17, 15) is 5.11 Å². The first-order valence-corrected chi connectivity index (χ1v) is 6.85. The Kier molecular flexibility index (Phi) is 3.11. The van der Waals surface area contributed by atoms with Crippen LogP contribution in [-0.2, 0) is 6.42 Å². The second kappa shape index (κ2) is 4.59. The lowest BCUT2D eigenvalue weighted by atomic mass is 10.1. The van der Waals surface area contributed by atoms with Crippen LogP contribution in [0.1, 0.15) is 12.0 Å². The third kappa shape index (κ3) is 2.49. The number of hydrogen-bond donors (Lipinski definition) is 1. The van der Waals surface area contributed by atoms with Gasteiger partial charge in [-0.1, -0.05) is 15.9 Å². The van der Waals surface area contributed by atoms with Crippen LogP contribution >= 0.6 is 15.9 Å². The standard InChI is InChI=1S/C13H16BrNO2/c14-10-1-2-13-9(5-10)6-12(17-13)8-15-4-3-11(16)7-15/h1-2,5,11-12,16H,3-4,6-8H2. The van der Waals surface area contributed by atoms with Gasteiger partial charge in [-0.25, -0.2) is 0 Å². The predicted molar refractivity (Wildman–Crippen MR) is 69.3 cm³/mol. The van der Waals surface area contributed by atoms with Crippen molar-refractivity contribution in [2.45, 2.75) is 25.0 Å². The molecule has 0 amide bonds. The molecule has 0 spiro atoms. The van der Waals surface area contributed by atoms with Crippen LogP contribution in [0.2, 0.25) is 0 Å². The van der Waals surface area contributed by atoms with Crippen molar-refractivity contribution in [1.29, 1.82) is 0 Å². The monoisotopic (exact) mass is 297 g/mol. The summed E-state index contributed by atoms with van der Waals surface area (Å²) in [5.41, 5.74) is 1.28. The maximum atomic E-state index is 9.49. The third-order valence-corrected chi connectivity index (χ3v) is 3.97. The number of aliphatic hydroxyl groups excluding tert-OH is 1. The number of nitrogens with zero attached hydrogens (tertiary/aromatic N) is 1. The van der Waals surface area contributed by atoms with Crippen LogP contribution in [0.4, 0.5) is 0 Å². The Hall–Kier alpha value is -0.580. The third-order valence-electron chi connectivity index (χ3n) is 3.47. The Labute approximate surface area is 110 Å². The zero-order chi connectivity index (χ0) is 11.8. The van der Waals surface area contributed by atoms with E-state index >= 15 is 0 Å². The van der Waals surface area contributed by atoms with Crippen molar-refractivity contribution in [3.05, 3.63) is 28.2 Å². The summed E-state index contributed by atoms with van der Waals surface area (Å²) in [6, 6.07) is 6.17. The van der Waals surface area contributed by atoms with Crippen molar-refractivity contribution < 1.29 is 9.84 Å². The predicted octanol–water partition coefficient (Wildman–Crippen LogP) is 1.82. The van der Waals surface area contributed by atoms with Crippen LogP contribution in [0, 0.1) is 0 Å². The van der Waals surface area contributed by atoms with Crippen LogP contribution < -0.4 is 4.74 Å². The fraction of sp³-hybridized carbons (Fsp3) is 0.538.